The van der Waals surface area contributed by atoms with Crippen molar-refractivity contribution in [1.29, 1.82) is 0 Å². The average molecular weight is 293 g/mol. The number of benzene rings is 1. The summed E-state index contributed by atoms with van der Waals surface area (Å²) < 4.78 is 24.4. The van der Waals surface area contributed by atoms with Crippen LogP contribution in [0.1, 0.15) is 23.5 Å². The Balaban J connectivity index is 1.99. The molecule has 3 rings (SSSR count). The molecular weight excluding hydrogens is 277 g/mol. The summed E-state index contributed by atoms with van der Waals surface area (Å²) >= 11 is 0. The highest BCUT2D eigenvalue weighted by Gasteiger charge is 2.43. The SMILES string of the molecule is COC(=O)C1C(=O)NCC1c1cc2c(cc1F)OCCC2. The Bertz CT molecular complexity index is 602. The van der Waals surface area contributed by atoms with Crippen molar-refractivity contribution in [2.45, 2.75) is 18.8 Å². The Kier molecular flexibility index (Phi) is 3.53. The van der Waals surface area contributed by atoms with Crippen LogP contribution in [0.25, 0.3) is 0 Å². The zero-order chi connectivity index (χ0) is 15.0. The van der Waals surface area contributed by atoms with Crippen LogP contribution in [0, 0.1) is 11.7 Å². The Hall–Kier alpha value is -2.11. The summed E-state index contributed by atoms with van der Waals surface area (Å²) in [6, 6.07) is 3.06. The van der Waals surface area contributed by atoms with E-state index in [2.05, 4.69) is 10.1 Å². The van der Waals surface area contributed by atoms with Crippen molar-refractivity contribution in [3.8, 4) is 5.75 Å². The van der Waals surface area contributed by atoms with E-state index in [1.807, 2.05) is 0 Å². The maximum atomic E-state index is 14.3. The second kappa shape index (κ2) is 5.35. The lowest BCUT2D eigenvalue weighted by molar-refractivity contribution is -0.149. The number of esters is 1. The van der Waals surface area contributed by atoms with E-state index in [1.165, 1.54) is 13.2 Å². The summed E-state index contributed by atoms with van der Waals surface area (Å²) in [5.41, 5.74) is 1.29. The fraction of sp³-hybridized carbons (Fsp3) is 0.467. The van der Waals surface area contributed by atoms with Gasteiger partial charge in [-0.3, -0.25) is 9.59 Å². The molecule has 0 saturated carbocycles. The number of hydrogen-bond donors (Lipinski definition) is 1. The normalized spacial score (nSPS) is 24.0. The number of halogens is 1. The third kappa shape index (κ3) is 2.34. The molecule has 5 nitrogen and oxygen atoms in total. The quantitative estimate of drug-likeness (QED) is 0.656. The van der Waals surface area contributed by atoms with Gasteiger partial charge in [-0.15, -0.1) is 0 Å². The van der Waals surface area contributed by atoms with Crippen molar-refractivity contribution in [2.24, 2.45) is 5.92 Å². The van der Waals surface area contributed by atoms with Crippen LogP contribution in [0.15, 0.2) is 12.1 Å². The Labute approximate surface area is 121 Å². The lowest BCUT2D eigenvalue weighted by Crippen LogP contribution is -2.28. The molecule has 2 atom stereocenters. The Morgan fingerprint density at radius 1 is 1.48 bits per heavy atom. The monoisotopic (exact) mass is 293 g/mol. The molecule has 1 N–H and O–H groups in total. The molecule has 2 heterocycles. The number of carbonyl (C=O) groups is 2. The van der Waals surface area contributed by atoms with Crippen molar-refractivity contribution in [1.82, 2.24) is 5.32 Å². The predicted octanol–water partition coefficient (Wildman–Crippen LogP) is 1.15. The van der Waals surface area contributed by atoms with Gasteiger partial charge in [-0.1, -0.05) is 0 Å². The first-order chi connectivity index (χ1) is 10.1. The summed E-state index contributed by atoms with van der Waals surface area (Å²) in [5.74, 6) is -2.49. The highest BCUT2D eigenvalue weighted by Crippen LogP contribution is 2.36. The maximum Gasteiger partial charge on any atom is 0.318 e. The van der Waals surface area contributed by atoms with Crippen molar-refractivity contribution < 1.29 is 23.5 Å². The number of ether oxygens (including phenoxy) is 2. The summed E-state index contributed by atoms with van der Waals surface area (Å²) in [4.78, 5) is 23.6. The van der Waals surface area contributed by atoms with Gasteiger partial charge in [-0.2, -0.15) is 0 Å². The molecule has 0 spiro atoms. The number of amides is 1. The summed E-state index contributed by atoms with van der Waals surface area (Å²) in [7, 11) is 1.22. The van der Waals surface area contributed by atoms with Crippen molar-refractivity contribution in [2.75, 3.05) is 20.3 Å². The van der Waals surface area contributed by atoms with Crippen LogP contribution < -0.4 is 10.1 Å². The fourth-order valence-electron chi connectivity index (χ4n) is 2.99. The van der Waals surface area contributed by atoms with Crippen molar-refractivity contribution in [3.05, 3.63) is 29.1 Å². The van der Waals surface area contributed by atoms with Gasteiger partial charge < -0.3 is 14.8 Å². The minimum absolute atomic E-state index is 0.231. The lowest BCUT2D eigenvalue weighted by Gasteiger charge is -2.21. The van der Waals surface area contributed by atoms with Gasteiger partial charge in [-0.25, -0.2) is 4.39 Å². The summed E-state index contributed by atoms with van der Waals surface area (Å²) in [6.45, 7) is 0.815. The van der Waals surface area contributed by atoms with E-state index in [0.717, 1.165) is 18.4 Å². The number of fused-ring (bicyclic) bond motifs is 1. The standard InChI is InChI=1S/C15H16FNO4/c1-20-15(19)13-10(7-17-14(13)18)9-5-8-3-2-4-21-12(8)6-11(9)16/h5-6,10,13H,2-4,7H2,1H3,(H,17,18). The van der Waals surface area contributed by atoms with Crippen LogP contribution in [-0.4, -0.2) is 32.1 Å². The molecule has 1 amide bonds. The van der Waals surface area contributed by atoms with E-state index in [9.17, 15) is 14.0 Å². The van der Waals surface area contributed by atoms with Crippen molar-refractivity contribution >= 4 is 11.9 Å². The molecule has 112 valence electrons. The average Bonchev–Trinajstić information content (AvgIpc) is 2.87. The van der Waals surface area contributed by atoms with E-state index < -0.39 is 29.5 Å². The predicted molar refractivity (Wildman–Crippen MR) is 71.5 cm³/mol. The highest BCUT2D eigenvalue weighted by atomic mass is 19.1. The van der Waals surface area contributed by atoms with Gasteiger partial charge in [0.1, 0.15) is 17.5 Å². The summed E-state index contributed by atoms with van der Waals surface area (Å²) in [5, 5.41) is 2.60. The molecule has 1 fully saturated rings. The van der Waals surface area contributed by atoms with Gasteiger partial charge in [0, 0.05) is 18.5 Å². The summed E-state index contributed by atoms with van der Waals surface area (Å²) in [6.07, 6.45) is 1.68. The van der Waals surface area contributed by atoms with Gasteiger partial charge in [0.25, 0.3) is 0 Å². The van der Waals surface area contributed by atoms with Crippen LogP contribution in [-0.2, 0) is 20.7 Å². The Morgan fingerprint density at radius 2 is 2.29 bits per heavy atom. The second-order valence-electron chi connectivity index (χ2n) is 5.29. The van der Waals surface area contributed by atoms with Gasteiger partial charge in [-0.05, 0) is 30.0 Å². The molecule has 0 radical (unpaired) electrons. The molecular formula is C15H16FNO4. The number of hydrogen-bond acceptors (Lipinski definition) is 4. The number of nitrogens with one attached hydrogen (secondary N) is 1. The topological polar surface area (TPSA) is 64.6 Å². The van der Waals surface area contributed by atoms with Gasteiger partial charge in [0.05, 0.1) is 13.7 Å². The van der Waals surface area contributed by atoms with Gasteiger partial charge in [0.2, 0.25) is 5.91 Å². The van der Waals surface area contributed by atoms with Crippen LogP contribution in [0.3, 0.4) is 0 Å². The van der Waals surface area contributed by atoms with Crippen LogP contribution in [0.4, 0.5) is 4.39 Å². The minimum Gasteiger partial charge on any atom is -0.493 e. The minimum atomic E-state index is -0.993. The maximum absolute atomic E-state index is 14.3. The molecule has 2 aliphatic rings. The first kappa shape index (κ1) is 13.9. The molecule has 21 heavy (non-hydrogen) atoms. The molecule has 1 aromatic carbocycles. The molecule has 0 aromatic heterocycles. The van der Waals surface area contributed by atoms with E-state index in [0.29, 0.717) is 17.9 Å². The van der Waals surface area contributed by atoms with E-state index >= 15 is 0 Å². The molecule has 6 heteroatoms. The fourth-order valence-corrected chi connectivity index (χ4v) is 2.99. The number of aryl methyl sites for hydroxylation is 1. The smallest absolute Gasteiger partial charge is 0.318 e. The third-order valence-corrected chi connectivity index (χ3v) is 4.06. The number of rotatable bonds is 2. The van der Waals surface area contributed by atoms with Crippen LogP contribution in [0.2, 0.25) is 0 Å². The lowest BCUT2D eigenvalue weighted by atomic mass is 9.86. The second-order valence-corrected chi connectivity index (χ2v) is 5.29. The van der Waals surface area contributed by atoms with Crippen LogP contribution in [0.5, 0.6) is 5.75 Å². The highest BCUT2D eigenvalue weighted by molar-refractivity contribution is 6.00. The molecule has 2 aliphatic heterocycles. The Morgan fingerprint density at radius 3 is 3.05 bits per heavy atom. The molecule has 2 unspecified atom stereocenters. The van der Waals surface area contributed by atoms with E-state index in [4.69, 9.17) is 4.74 Å². The zero-order valence-corrected chi connectivity index (χ0v) is 11.6. The molecule has 1 saturated heterocycles. The molecule has 1 aromatic rings. The van der Waals surface area contributed by atoms with Crippen molar-refractivity contribution in [3.63, 3.8) is 0 Å². The molecule has 0 aliphatic carbocycles. The number of carbonyl (C=O) groups excluding carboxylic acids is 2. The van der Waals surface area contributed by atoms with Gasteiger partial charge >= 0.3 is 5.97 Å². The van der Waals surface area contributed by atoms with Crippen LogP contribution >= 0.6 is 0 Å². The molecule has 0 bridgehead atoms. The first-order valence-corrected chi connectivity index (χ1v) is 6.92. The number of methoxy groups -OCH3 is 1. The zero-order valence-electron chi connectivity index (χ0n) is 11.6. The largest absolute Gasteiger partial charge is 0.493 e. The van der Waals surface area contributed by atoms with E-state index in [1.54, 1.807) is 6.07 Å². The van der Waals surface area contributed by atoms with Gasteiger partial charge in [0.15, 0.2) is 0 Å². The third-order valence-electron chi connectivity index (χ3n) is 4.06. The van der Waals surface area contributed by atoms with E-state index in [-0.39, 0.29) is 6.54 Å². The first-order valence-electron chi connectivity index (χ1n) is 6.92.